The van der Waals surface area contributed by atoms with Crippen LogP contribution in [0.2, 0.25) is 0 Å². The monoisotopic (exact) mass is 592 g/mol. The summed E-state index contributed by atoms with van der Waals surface area (Å²) in [6.45, 7) is 11.7. The zero-order valence-electron chi connectivity index (χ0n) is 25.7. The minimum Gasteiger partial charge on any atom is -0.465 e. The van der Waals surface area contributed by atoms with Gasteiger partial charge in [-0.2, -0.15) is 0 Å². The van der Waals surface area contributed by atoms with Gasteiger partial charge in [0.25, 0.3) is 11.5 Å². The molecule has 2 amide bonds. The van der Waals surface area contributed by atoms with Gasteiger partial charge in [0.2, 0.25) is 5.91 Å². The summed E-state index contributed by atoms with van der Waals surface area (Å²) in [6.07, 6.45) is 2.81. The second kappa shape index (κ2) is 12.8. The Kier molecular flexibility index (Phi) is 9.18. The number of hydrogen-bond donors (Lipinski definition) is 3. The number of methoxy groups -OCH3 is 1. The van der Waals surface area contributed by atoms with Crippen molar-refractivity contribution in [3.05, 3.63) is 118 Å². The Morgan fingerprint density at radius 3 is 2.25 bits per heavy atom. The molecule has 9 nitrogen and oxygen atoms in total. The maximum Gasteiger partial charge on any atom is 0.339 e. The van der Waals surface area contributed by atoms with E-state index in [0.717, 1.165) is 28.3 Å². The van der Waals surface area contributed by atoms with E-state index < -0.39 is 11.9 Å². The first-order valence-corrected chi connectivity index (χ1v) is 14.0. The normalized spacial score (nSPS) is 11.0. The molecule has 0 spiro atoms. The van der Waals surface area contributed by atoms with Crippen molar-refractivity contribution in [3.63, 3.8) is 0 Å². The van der Waals surface area contributed by atoms with E-state index in [1.165, 1.54) is 23.8 Å². The number of esters is 1. The minimum atomic E-state index is -0.627. The van der Waals surface area contributed by atoms with Crippen molar-refractivity contribution in [2.24, 2.45) is 7.05 Å². The van der Waals surface area contributed by atoms with Gasteiger partial charge in [0, 0.05) is 35.7 Å². The number of hydrogen-bond acceptors (Lipinski definition) is 6. The van der Waals surface area contributed by atoms with Gasteiger partial charge in [-0.05, 0) is 77.6 Å². The summed E-state index contributed by atoms with van der Waals surface area (Å²) < 4.78 is 6.28. The van der Waals surface area contributed by atoms with Crippen molar-refractivity contribution >= 4 is 40.5 Å². The third kappa shape index (κ3) is 6.95. The number of aromatic nitrogens is 1. The molecule has 0 unspecified atom stereocenters. The van der Waals surface area contributed by atoms with Crippen LogP contribution in [0.25, 0.3) is 11.1 Å². The van der Waals surface area contributed by atoms with Crippen LogP contribution >= 0.6 is 0 Å². The SMILES string of the molecule is C=CC(=O)Nc1cc(Nc2cc(-c3cccc(NC(=O)c4ccc(C(C)(C)C)cc4)c3C)cn(C)c2=O)ccc1C(=O)OC. The Bertz CT molecular complexity index is 1810. The number of anilines is 4. The number of nitrogens with zero attached hydrogens (tertiary/aromatic N) is 1. The molecule has 3 N–H and O–H groups in total. The lowest BCUT2D eigenvalue weighted by Crippen LogP contribution is -2.20. The lowest BCUT2D eigenvalue weighted by Gasteiger charge is -2.19. The molecule has 0 saturated heterocycles. The number of benzene rings is 3. The molecule has 1 aromatic heterocycles. The average molecular weight is 593 g/mol. The topological polar surface area (TPSA) is 119 Å². The van der Waals surface area contributed by atoms with E-state index in [1.807, 2.05) is 49.4 Å². The molecule has 0 saturated carbocycles. The Hall–Kier alpha value is -5.44. The van der Waals surface area contributed by atoms with Gasteiger partial charge in [-0.3, -0.25) is 14.4 Å². The summed E-state index contributed by atoms with van der Waals surface area (Å²) in [5, 5.41) is 8.73. The molecule has 3 aromatic carbocycles. The van der Waals surface area contributed by atoms with E-state index in [2.05, 4.69) is 43.3 Å². The number of amides is 2. The van der Waals surface area contributed by atoms with Crippen LogP contribution in [-0.4, -0.2) is 29.5 Å². The van der Waals surface area contributed by atoms with Crippen molar-refractivity contribution in [2.75, 3.05) is 23.1 Å². The molecule has 0 aliphatic rings. The van der Waals surface area contributed by atoms with Crippen molar-refractivity contribution in [2.45, 2.75) is 33.1 Å². The quantitative estimate of drug-likeness (QED) is 0.157. The largest absolute Gasteiger partial charge is 0.465 e. The highest BCUT2D eigenvalue weighted by molar-refractivity contribution is 6.06. The summed E-state index contributed by atoms with van der Waals surface area (Å²) in [6, 6.07) is 19.5. The third-order valence-electron chi connectivity index (χ3n) is 7.24. The summed E-state index contributed by atoms with van der Waals surface area (Å²) in [4.78, 5) is 50.4. The first-order chi connectivity index (χ1) is 20.8. The summed E-state index contributed by atoms with van der Waals surface area (Å²) in [5.41, 5.74) is 5.51. The number of rotatable bonds is 8. The smallest absolute Gasteiger partial charge is 0.339 e. The Balaban J connectivity index is 1.65. The molecule has 0 radical (unpaired) electrons. The molecule has 0 fully saturated rings. The van der Waals surface area contributed by atoms with Crippen LogP contribution in [0.1, 0.15) is 52.6 Å². The lowest BCUT2D eigenvalue weighted by atomic mass is 9.86. The molecule has 4 aromatic rings. The van der Waals surface area contributed by atoms with Crippen LogP contribution in [-0.2, 0) is 22.0 Å². The molecule has 226 valence electrons. The van der Waals surface area contributed by atoms with Gasteiger partial charge >= 0.3 is 5.97 Å². The Morgan fingerprint density at radius 1 is 0.909 bits per heavy atom. The van der Waals surface area contributed by atoms with Crippen molar-refractivity contribution in [3.8, 4) is 11.1 Å². The predicted molar refractivity (Wildman–Crippen MR) is 175 cm³/mol. The molecule has 0 bridgehead atoms. The molecule has 0 aliphatic heterocycles. The molecular formula is C35H36N4O5. The van der Waals surface area contributed by atoms with Gasteiger partial charge in [-0.1, -0.05) is 51.6 Å². The van der Waals surface area contributed by atoms with Crippen molar-refractivity contribution in [1.29, 1.82) is 0 Å². The summed E-state index contributed by atoms with van der Waals surface area (Å²) in [7, 11) is 2.89. The standard InChI is InChI=1S/C35H36N4O5/c1-8-31(40)37-29-19-25(16-17-27(29)34(43)44-7)36-30-18-23(20-39(6)33(30)42)26-10-9-11-28(21(26)2)38-32(41)22-12-14-24(15-13-22)35(3,4)5/h8-20,36H,1H2,2-7H3,(H,37,40)(H,38,41). The molecule has 4 rings (SSSR count). The molecule has 9 heteroatoms. The van der Waals surface area contributed by atoms with Gasteiger partial charge in [0.1, 0.15) is 5.69 Å². The number of nitrogens with one attached hydrogen (secondary N) is 3. The van der Waals surface area contributed by atoms with Crippen molar-refractivity contribution < 1.29 is 19.1 Å². The highest BCUT2D eigenvalue weighted by Crippen LogP contribution is 2.31. The Labute approximate surface area is 256 Å². The molecule has 44 heavy (non-hydrogen) atoms. The summed E-state index contributed by atoms with van der Waals surface area (Å²) >= 11 is 0. The molecule has 0 atom stereocenters. The third-order valence-corrected chi connectivity index (χ3v) is 7.24. The molecular weight excluding hydrogens is 556 g/mol. The van der Waals surface area contributed by atoms with E-state index >= 15 is 0 Å². The fourth-order valence-electron chi connectivity index (χ4n) is 4.70. The number of aryl methyl sites for hydroxylation is 1. The van der Waals surface area contributed by atoms with Gasteiger partial charge in [-0.15, -0.1) is 0 Å². The van der Waals surface area contributed by atoms with Crippen LogP contribution in [0.3, 0.4) is 0 Å². The van der Waals surface area contributed by atoms with E-state index in [0.29, 0.717) is 16.9 Å². The van der Waals surface area contributed by atoms with Crippen LogP contribution in [0, 0.1) is 6.92 Å². The maximum atomic E-state index is 13.1. The highest BCUT2D eigenvalue weighted by atomic mass is 16.5. The molecule has 1 heterocycles. The van der Waals surface area contributed by atoms with Gasteiger partial charge in [0.05, 0.1) is 18.4 Å². The van der Waals surface area contributed by atoms with E-state index in [4.69, 9.17) is 4.74 Å². The predicted octanol–water partition coefficient (Wildman–Crippen LogP) is 6.57. The number of carbonyl (C=O) groups excluding carboxylic acids is 3. The zero-order chi connectivity index (χ0) is 32.2. The van der Waals surface area contributed by atoms with Crippen molar-refractivity contribution in [1.82, 2.24) is 4.57 Å². The number of ether oxygens (including phenoxy) is 1. The van der Waals surface area contributed by atoms with Crippen LogP contribution in [0.4, 0.5) is 22.7 Å². The van der Waals surface area contributed by atoms with E-state index in [9.17, 15) is 19.2 Å². The first-order valence-electron chi connectivity index (χ1n) is 14.0. The Morgan fingerprint density at radius 2 is 1.61 bits per heavy atom. The fraction of sp³-hybridized carbons (Fsp3) is 0.200. The van der Waals surface area contributed by atoms with Crippen LogP contribution in [0.15, 0.2) is 90.4 Å². The number of carbonyl (C=O) groups is 3. The fourth-order valence-corrected chi connectivity index (χ4v) is 4.70. The maximum absolute atomic E-state index is 13.1. The van der Waals surface area contributed by atoms with Gasteiger partial charge < -0.3 is 25.3 Å². The zero-order valence-corrected chi connectivity index (χ0v) is 25.7. The second-order valence-corrected chi connectivity index (χ2v) is 11.4. The summed E-state index contributed by atoms with van der Waals surface area (Å²) in [5.74, 6) is -1.35. The minimum absolute atomic E-state index is 0.0142. The molecule has 0 aliphatic carbocycles. The van der Waals surface area contributed by atoms with Crippen LogP contribution in [0.5, 0.6) is 0 Å². The van der Waals surface area contributed by atoms with Crippen LogP contribution < -0.4 is 21.5 Å². The second-order valence-electron chi connectivity index (χ2n) is 11.4. The highest BCUT2D eigenvalue weighted by Gasteiger charge is 2.18. The van der Waals surface area contributed by atoms with Gasteiger partial charge in [-0.25, -0.2) is 4.79 Å². The number of pyridine rings is 1. The lowest BCUT2D eigenvalue weighted by molar-refractivity contribution is -0.111. The van der Waals surface area contributed by atoms with E-state index in [1.54, 1.807) is 25.4 Å². The average Bonchev–Trinajstić information content (AvgIpc) is 2.99. The van der Waals surface area contributed by atoms with Gasteiger partial charge in [0.15, 0.2) is 0 Å². The van der Waals surface area contributed by atoms with E-state index in [-0.39, 0.29) is 33.8 Å². The first kappa shape index (κ1) is 31.5.